The molecule has 1 amide bonds. The van der Waals surface area contributed by atoms with Crippen LogP contribution in [0.25, 0.3) is 0 Å². The smallest absolute Gasteiger partial charge is 0.220 e. The van der Waals surface area contributed by atoms with Crippen molar-refractivity contribution in [2.45, 2.75) is 18.9 Å². The molecule has 0 aliphatic heterocycles. The first-order valence-corrected chi connectivity index (χ1v) is 7.52. The summed E-state index contributed by atoms with van der Waals surface area (Å²) in [5.74, 6) is -0.0624. The Kier molecular flexibility index (Phi) is 6.56. The lowest BCUT2D eigenvalue weighted by molar-refractivity contribution is -0.122. The standard InChI is InChI=1S/C18H20FNO3/c19-15-8-4-9-16(12-15)23-11-5-10-18(22)20-17(13-21)14-6-2-1-3-7-14/h1-4,6-9,12,17,21H,5,10-11,13H2,(H,20,22). The van der Waals surface area contributed by atoms with Crippen LogP contribution >= 0.6 is 0 Å². The molecule has 0 bridgehead atoms. The maximum absolute atomic E-state index is 13.0. The molecule has 0 radical (unpaired) electrons. The van der Waals surface area contributed by atoms with Gasteiger partial charge in [-0.15, -0.1) is 0 Å². The molecule has 4 nitrogen and oxygen atoms in total. The van der Waals surface area contributed by atoms with E-state index in [9.17, 15) is 14.3 Å². The summed E-state index contributed by atoms with van der Waals surface area (Å²) in [4.78, 5) is 11.9. The zero-order valence-electron chi connectivity index (χ0n) is 12.7. The van der Waals surface area contributed by atoms with Gasteiger partial charge in [-0.3, -0.25) is 4.79 Å². The van der Waals surface area contributed by atoms with Crippen LogP contribution in [0.2, 0.25) is 0 Å². The largest absolute Gasteiger partial charge is 0.493 e. The zero-order chi connectivity index (χ0) is 16.5. The highest BCUT2D eigenvalue weighted by atomic mass is 19.1. The molecule has 0 aliphatic rings. The highest BCUT2D eigenvalue weighted by Crippen LogP contribution is 2.13. The van der Waals surface area contributed by atoms with E-state index in [0.29, 0.717) is 18.8 Å². The van der Waals surface area contributed by atoms with Gasteiger partial charge in [0.25, 0.3) is 0 Å². The van der Waals surface area contributed by atoms with E-state index in [1.807, 2.05) is 30.3 Å². The molecule has 0 fully saturated rings. The average molecular weight is 317 g/mol. The van der Waals surface area contributed by atoms with Crippen LogP contribution in [0.1, 0.15) is 24.4 Å². The molecule has 0 heterocycles. The Morgan fingerprint density at radius 3 is 2.65 bits per heavy atom. The van der Waals surface area contributed by atoms with Crippen LogP contribution in [0.15, 0.2) is 54.6 Å². The van der Waals surface area contributed by atoms with Gasteiger partial charge in [-0.25, -0.2) is 4.39 Å². The van der Waals surface area contributed by atoms with Gasteiger partial charge in [-0.05, 0) is 24.1 Å². The molecule has 23 heavy (non-hydrogen) atoms. The second kappa shape index (κ2) is 8.90. The highest BCUT2D eigenvalue weighted by molar-refractivity contribution is 5.76. The minimum atomic E-state index is -0.409. The van der Waals surface area contributed by atoms with Crippen LogP contribution in [0.5, 0.6) is 5.75 Å². The topological polar surface area (TPSA) is 58.6 Å². The van der Waals surface area contributed by atoms with Crippen molar-refractivity contribution < 1.29 is 19.0 Å². The van der Waals surface area contributed by atoms with E-state index in [0.717, 1.165) is 5.56 Å². The summed E-state index contributed by atoms with van der Waals surface area (Å²) in [6.07, 6.45) is 0.786. The molecule has 2 aromatic rings. The first-order valence-electron chi connectivity index (χ1n) is 7.52. The lowest BCUT2D eigenvalue weighted by Crippen LogP contribution is -2.30. The molecule has 2 rings (SSSR count). The van der Waals surface area contributed by atoms with E-state index < -0.39 is 6.04 Å². The molecule has 2 aromatic carbocycles. The van der Waals surface area contributed by atoms with Crippen LogP contribution < -0.4 is 10.1 Å². The Hall–Kier alpha value is -2.40. The van der Waals surface area contributed by atoms with E-state index in [1.165, 1.54) is 12.1 Å². The minimum absolute atomic E-state index is 0.157. The molecular weight excluding hydrogens is 297 g/mol. The molecule has 0 spiro atoms. The molecule has 0 aromatic heterocycles. The number of carbonyl (C=O) groups is 1. The summed E-state index contributed by atoms with van der Waals surface area (Å²) in [7, 11) is 0. The van der Waals surface area contributed by atoms with Crippen molar-refractivity contribution in [3.8, 4) is 5.75 Å². The number of carbonyl (C=O) groups excluding carboxylic acids is 1. The monoisotopic (exact) mass is 317 g/mol. The second-order valence-electron chi connectivity index (χ2n) is 5.12. The minimum Gasteiger partial charge on any atom is -0.493 e. The third-order valence-electron chi connectivity index (χ3n) is 3.33. The molecule has 2 N–H and O–H groups in total. The summed E-state index contributed by atoms with van der Waals surface area (Å²) in [5, 5.41) is 12.2. The number of halogens is 1. The number of amides is 1. The molecule has 1 atom stereocenters. The first-order chi connectivity index (χ1) is 11.2. The normalized spacial score (nSPS) is 11.7. The number of nitrogens with one attached hydrogen (secondary N) is 1. The van der Waals surface area contributed by atoms with Crippen LogP contribution in [0.4, 0.5) is 4.39 Å². The average Bonchev–Trinajstić information content (AvgIpc) is 2.57. The summed E-state index contributed by atoms with van der Waals surface area (Å²) in [6, 6.07) is 14.8. The SMILES string of the molecule is O=C(CCCOc1cccc(F)c1)NC(CO)c1ccccc1. The van der Waals surface area contributed by atoms with Gasteiger partial charge in [0.2, 0.25) is 5.91 Å². The maximum Gasteiger partial charge on any atom is 0.220 e. The summed E-state index contributed by atoms with van der Waals surface area (Å²) in [5.41, 5.74) is 0.861. The predicted molar refractivity (Wildman–Crippen MR) is 85.5 cm³/mol. The molecule has 5 heteroatoms. The van der Waals surface area contributed by atoms with E-state index in [2.05, 4.69) is 5.32 Å². The summed E-state index contributed by atoms with van der Waals surface area (Å²) in [6.45, 7) is 0.168. The van der Waals surface area contributed by atoms with Gasteiger partial charge in [0, 0.05) is 12.5 Å². The lowest BCUT2D eigenvalue weighted by atomic mass is 10.1. The van der Waals surface area contributed by atoms with Gasteiger partial charge in [-0.2, -0.15) is 0 Å². The van der Waals surface area contributed by atoms with E-state index in [4.69, 9.17) is 4.74 Å². The maximum atomic E-state index is 13.0. The quantitative estimate of drug-likeness (QED) is 0.736. The highest BCUT2D eigenvalue weighted by Gasteiger charge is 2.12. The van der Waals surface area contributed by atoms with Crippen LogP contribution in [0.3, 0.4) is 0 Å². The van der Waals surface area contributed by atoms with Crippen LogP contribution in [-0.4, -0.2) is 24.2 Å². The summed E-state index contributed by atoms with van der Waals surface area (Å²) >= 11 is 0. The predicted octanol–water partition coefficient (Wildman–Crippen LogP) is 2.83. The summed E-state index contributed by atoms with van der Waals surface area (Å²) < 4.78 is 18.4. The number of ether oxygens (including phenoxy) is 1. The Labute approximate surface area is 134 Å². The van der Waals surface area contributed by atoms with Gasteiger partial charge in [0.05, 0.1) is 19.3 Å². The molecule has 1 unspecified atom stereocenters. The first kappa shape index (κ1) is 17.0. The van der Waals surface area contributed by atoms with Crippen molar-refractivity contribution in [2.24, 2.45) is 0 Å². The van der Waals surface area contributed by atoms with Crippen molar-refractivity contribution in [1.82, 2.24) is 5.32 Å². The van der Waals surface area contributed by atoms with Gasteiger partial charge in [0.15, 0.2) is 0 Å². The number of aliphatic hydroxyl groups excluding tert-OH is 1. The number of rotatable bonds is 8. The van der Waals surface area contributed by atoms with Crippen LogP contribution in [0, 0.1) is 5.82 Å². The van der Waals surface area contributed by atoms with Gasteiger partial charge < -0.3 is 15.2 Å². The fourth-order valence-electron chi connectivity index (χ4n) is 2.17. The number of hydrogen-bond donors (Lipinski definition) is 2. The molecule has 122 valence electrons. The molecule has 0 aliphatic carbocycles. The van der Waals surface area contributed by atoms with Crippen molar-refractivity contribution in [3.05, 3.63) is 66.0 Å². The van der Waals surface area contributed by atoms with Gasteiger partial charge in [-0.1, -0.05) is 36.4 Å². The van der Waals surface area contributed by atoms with Crippen LogP contribution in [-0.2, 0) is 4.79 Å². The second-order valence-corrected chi connectivity index (χ2v) is 5.12. The van der Waals surface area contributed by atoms with Crippen molar-refractivity contribution in [2.75, 3.05) is 13.2 Å². The van der Waals surface area contributed by atoms with E-state index >= 15 is 0 Å². The van der Waals surface area contributed by atoms with Gasteiger partial charge in [0.1, 0.15) is 11.6 Å². The van der Waals surface area contributed by atoms with Crippen molar-refractivity contribution >= 4 is 5.91 Å². The fourth-order valence-corrected chi connectivity index (χ4v) is 2.17. The van der Waals surface area contributed by atoms with E-state index in [-0.39, 0.29) is 24.8 Å². The van der Waals surface area contributed by atoms with Crippen molar-refractivity contribution in [1.29, 1.82) is 0 Å². The Morgan fingerprint density at radius 1 is 1.17 bits per heavy atom. The fraction of sp³-hybridized carbons (Fsp3) is 0.278. The Bertz CT molecular complexity index is 619. The Morgan fingerprint density at radius 2 is 1.96 bits per heavy atom. The third kappa shape index (κ3) is 5.71. The zero-order valence-corrected chi connectivity index (χ0v) is 12.7. The van der Waals surface area contributed by atoms with E-state index in [1.54, 1.807) is 12.1 Å². The number of benzene rings is 2. The Balaban J connectivity index is 1.72. The third-order valence-corrected chi connectivity index (χ3v) is 3.33. The lowest BCUT2D eigenvalue weighted by Gasteiger charge is -2.16. The molecule has 0 saturated heterocycles. The number of hydrogen-bond acceptors (Lipinski definition) is 3. The number of aliphatic hydroxyl groups is 1. The van der Waals surface area contributed by atoms with Gasteiger partial charge >= 0.3 is 0 Å². The molecular formula is C18H20FNO3. The molecule has 0 saturated carbocycles. The van der Waals surface area contributed by atoms with Crippen molar-refractivity contribution in [3.63, 3.8) is 0 Å².